The largest absolute Gasteiger partial charge is 0.468 e. The average molecular weight is 248 g/mol. The Bertz CT molecular complexity index is 255. The molecule has 0 amide bonds. The van der Waals surface area contributed by atoms with Crippen LogP contribution in [0.4, 0.5) is 0 Å². The Kier molecular flexibility index (Phi) is 4.99. The molecule has 5 heteroatoms. The lowest BCUT2D eigenvalue weighted by molar-refractivity contribution is -0.148. The third-order valence-corrected chi connectivity index (χ3v) is 5.56. The van der Waals surface area contributed by atoms with Crippen molar-refractivity contribution in [2.75, 3.05) is 18.6 Å². The molecule has 0 aromatic carbocycles. The van der Waals surface area contributed by atoms with Crippen LogP contribution in [0.5, 0.6) is 0 Å². The van der Waals surface area contributed by atoms with Crippen molar-refractivity contribution in [1.82, 2.24) is 0 Å². The van der Waals surface area contributed by atoms with E-state index in [1.165, 1.54) is 7.11 Å². The zero-order valence-electron chi connectivity index (χ0n) is 9.19. The molecule has 1 fully saturated rings. The maximum Gasteiger partial charge on any atom is 0.315 e. The zero-order chi connectivity index (χ0) is 11.4. The molecular formula is C10H16O3S2. The van der Waals surface area contributed by atoms with Crippen LogP contribution in [0.25, 0.3) is 0 Å². The first-order valence-corrected chi connectivity index (χ1v) is 7.02. The van der Waals surface area contributed by atoms with Crippen LogP contribution < -0.4 is 0 Å². The molecule has 3 nitrogen and oxygen atoms in total. The molecule has 1 rings (SSSR count). The van der Waals surface area contributed by atoms with Crippen LogP contribution in [0.15, 0.2) is 0 Å². The number of thioether (sulfide) groups is 2. The van der Waals surface area contributed by atoms with E-state index in [0.29, 0.717) is 5.25 Å². The summed E-state index contributed by atoms with van der Waals surface area (Å²) in [5, 5.41) is 0.237. The highest BCUT2D eigenvalue weighted by atomic mass is 32.2. The Morgan fingerprint density at radius 2 is 1.93 bits per heavy atom. The molecule has 0 aromatic heterocycles. The summed E-state index contributed by atoms with van der Waals surface area (Å²) in [6.07, 6.45) is 0. The molecule has 0 bridgehead atoms. The number of rotatable bonds is 3. The van der Waals surface area contributed by atoms with Gasteiger partial charge in [-0.05, 0) is 6.92 Å². The first-order chi connectivity index (χ1) is 7.07. The number of hydrogen-bond acceptors (Lipinski definition) is 5. The minimum atomic E-state index is -0.631. The summed E-state index contributed by atoms with van der Waals surface area (Å²) >= 11 is 3.45. The van der Waals surface area contributed by atoms with Gasteiger partial charge in [-0.2, -0.15) is 11.8 Å². The van der Waals surface area contributed by atoms with Crippen molar-refractivity contribution in [2.24, 2.45) is 5.92 Å². The molecule has 0 aliphatic carbocycles. The Hall–Kier alpha value is -0.160. The van der Waals surface area contributed by atoms with E-state index in [0.717, 1.165) is 11.5 Å². The number of ketones is 1. The highest BCUT2D eigenvalue weighted by Gasteiger charge is 2.35. The monoisotopic (exact) mass is 248 g/mol. The third-order valence-electron chi connectivity index (χ3n) is 2.45. The second-order valence-corrected chi connectivity index (χ2v) is 6.25. The summed E-state index contributed by atoms with van der Waals surface area (Å²) < 4.78 is 4.58. The summed E-state index contributed by atoms with van der Waals surface area (Å²) in [5.41, 5.74) is 0. The van der Waals surface area contributed by atoms with Gasteiger partial charge >= 0.3 is 5.97 Å². The van der Waals surface area contributed by atoms with Gasteiger partial charge < -0.3 is 4.74 Å². The number of carbonyl (C=O) groups is 2. The summed E-state index contributed by atoms with van der Waals surface area (Å²) in [6, 6.07) is 0. The van der Waals surface area contributed by atoms with E-state index in [4.69, 9.17) is 0 Å². The average Bonchev–Trinajstić information content (AvgIpc) is 2.26. The van der Waals surface area contributed by atoms with Crippen LogP contribution >= 0.6 is 23.5 Å². The number of hydrogen-bond donors (Lipinski definition) is 0. The summed E-state index contributed by atoms with van der Waals surface area (Å²) in [7, 11) is 1.32. The molecule has 0 aromatic rings. The van der Waals surface area contributed by atoms with E-state index in [-0.39, 0.29) is 11.0 Å². The maximum absolute atomic E-state index is 12.0. The van der Waals surface area contributed by atoms with Gasteiger partial charge in [0.2, 0.25) is 0 Å². The smallest absolute Gasteiger partial charge is 0.315 e. The zero-order valence-corrected chi connectivity index (χ0v) is 10.8. The van der Waals surface area contributed by atoms with Crippen LogP contribution in [0.2, 0.25) is 0 Å². The topological polar surface area (TPSA) is 43.4 Å². The van der Waals surface area contributed by atoms with Gasteiger partial charge in [0.05, 0.1) is 12.4 Å². The minimum absolute atomic E-state index is 0.00606. The van der Waals surface area contributed by atoms with Crippen molar-refractivity contribution in [3.8, 4) is 0 Å². The van der Waals surface area contributed by atoms with Crippen molar-refractivity contribution in [2.45, 2.75) is 24.3 Å². The molecule has 3 unspecified atom stereocenters. The first kappa shape index (κ1) is 12.9. The van der Waals surface area contributed by atoms with Crippen molar-refractivity contribution < 1.29 is 14.3 Å². The predicted molar refractivity (Wildman–Crippen MR) is 64.4 cm³/mol. The van der Waals surface area contributed by atoms with E-state index in [1.807, 2.05) is 6.92 Å². The second-order valence-electron chi connectivity index (χ2n) is 3.51. The van der Waals surface area contributed by atoms with E-state index >= 15 is 0 Å². The Labute approximate surface area is 98.7 Å². The number of carbonyl (C=O) groups excluding carboxylic acids is 2. The van der Waals surface area contributed by atoms with Gasteiger partial charge in [0.15, 0.2) is 5.78 Å². The quantitative estimate of drug-likeness (QED) is 0.560. The van der Waals surface area contributed by atoms with Gasteiger partial charge in [-0.25, -0.2) is 0 Å². The number of esters is 1. The predicted octanol–water partition coefficient (Wildman–Crippen LogP) is 1.60. The SMILES string of the molecule is COC(=O)C(C)C(=O)C1SCCSC1C. The van der Waals surface area contributed by atoms with Crippen LogP contribution in [-0.4, -0.2) is 40.9 Å². The van der Waals surface area contributed by atoms with Gasteiger partial charge in [0.1, 0.15) is 5.92 Å². The van der Waals surface area contributed by atoms with Crippen molar-refractivity contribution in [1.29, 1.82) is 0 Å². The van der Waals surface area contributed by atoms with Gasteiger partial charge in [0.25, 0.3) is 0 Å². The standard InChI is InChI=1S/C10H16O3S2/c1-6(10(12)13-3)8(11)9-7(2)14-4-5-15-9/h6-7,9H,4-5H2,1-3H3. The van der Waals surface area contributed by atoms with Crippen molar-refractivity contribution >= 4 is 35.3 Å². The lowest BCUT2D eigenvalue weighted by atomic mass is 10.0. The molecule has 0 N–H and O–H groups in total. The van der Waals surface area contributed by atoms with Crippen molar-refractivity contribution in [3.05, 3.63) is 0 Å². The summed E-state index contributed by atoms with van der Waals surface area (Å²) in [4.78, 5) is 23.2. The van der Waals surface area contributed by atoms with Gasteiger partial charge in [-0.15, -0.1) is 11.8 Å². The maximum atomic E-state index is 12.0. The van der Waals surface area contributed by atoms with Crippen LogP contribution in [0.1, 0.15) is 13.8 Å². The normalized spacial score (nSPS) is 28.2. The van der Waals surface area contributed by atoms with Crippen LogP contribution in [0, 0.1) is 5.92 Å². The lowest BCUT2D eigenvalue weighted by Gasteiger charge is -2.27. The van der Waals surface area contributed by atoms with Crippen LogP contribution in [-0.2, 0) is 14.3 Å². The molecular weight excluding hydrogens is 232 g/mol. The van der Waals surface area contributed by atoms with E-state index in [2.05, 4.69) is 4.74 Å². The lowest BCUT2D eigenvalue weighted by Crippen LogP contribution is -2.37. The first-order valence-electron chi connectivity index (χ1n) is 4.92. The highest BCUT2D eigenvalue weighted by Crippen LogP contribution is 2.33. The summed E-state index contributed by atoms with van der Waals surface area (Å²) in [6.45, 7) is 3.67. The fourth-order valence-electron chi connectivity index (χ4n) is 1.48. The molecule has 1 aliphatic heterocycles. The highest BCUT2D eigenvalue weighted by molar-refractivity contribution is 8.07. The molecule has 1 saturated heterocycles. The minimum Gasteiger partial charge on any atom is -0.468 e. The Balaban J connectivity index is 2.62. The van der Waals surface area contributed by atoms with Gasteiger partial charge in [-0.3, -0.25) is 9.59 Å². The molecule has 86 valence electrons. The molecule has 3 atom stereocenters. The van der Waals surface area contributed by atoms with Gasteiger partial charge in [0, 0.05) is 16.8 Å². The second kappa shape index (κ2) is 5.80. The molecule has 0 saturated carbocycles. The number of ether oxygens (including phenoxy) is 1. The van der Waals surface area contributed by atoms with E-state index < -0.39 is 11.9 Å². The van der Waals surface area contributed by atoms with E-state index in [1.54, 1.807) is 30.4 Å². The van der Waals surface area contributed by atoms with Gasteiger partial charge in [-0.1, -0.05) is 6.92 Å². The number of Topliss-reactive ketones (excluding diaryl/α,β-unsaturated/α-hetero) is 1. The molecule has 1 heterocycles. The molecule has 1 aliphatic rings. The van der Waals surface area contributed by atoms with E-state index in [9.17, 15) is 9.59 Å². The third kappa shape index (κ3) is 3.14. The molecule has 15 heavy (non-hydrogen) atoms. The fraction of sp³-hybridized carbons (Fsp3) is 0.800. The number of methoxy groups -OCH3 is 1. The Morgan fingerprint density at radius 3 is 2.47 bits per heavy atom. The van der Waals surface area contributed by atoms with Crippen LogP contribution in [0.3, 0.4) is 0 Å². The fourth-order valence-corrected chi connectivity index (χ4v) is 4.30. The van der Waals surface area contributed by atoms with Crippen molar-refractivity contribution in [3.63, 3.8) is 0 Å². The molecule has 0 radical (unpaired) electrons. The Morgan fingerprint density at radius 1 is 1.33 bits per heavy atom. The summed E-state index contributed by atoms with van der Waals surface area (Å²) in [5.74, 6) is 1.02. The molecule has 0 spiro atoms.